The molecule has 1 N–H and O–H groups in total. The zero-order valence-electron chi connectivity index (χ0n) is 9.45. The fourth-order valence-electron chi connectivity index (χ4n) is 1.55. The molecule has 0 saturated carbocycles. The van der Waals surface area contributed by atoms with Gasteiger partial charge in [0.15, 0.2) is 0 Å². The number of benzene rings is 1. The predicted molar refractivity (Wildman–Crippen MR) is 76.3 cm³/mol. The highest BCUT2D eigenvalue weighted by Gasteiger charge is 2.05. The van der Waals surface area contributed by atoms with Crippen molar-refractivity contribution >= 4 is 31.9 Å². The molecular formula is C12H13Br2N3. The van der Waals surface area contributed by atoms with Gasteiger partial charge >= 0.3 is 0 Å². The SMILES string of the molecule is CCNCc1ccc(-n2cc(Br)cn2)c(Br)c1. The first-order valence-electron chi connectivity index (χ1n) is 5.40. The van der Waals surface area contributed by atoms with Gasteiger partial charge in [-0.2, -0.15) is 5.10 Å². The van der Waals surface area contributed by atoms with Gasteiger partial charge in [0.05, 0.1) is 16.4 Å². The van der Waals surface area contributed by atoms with Crippen molar-refractivity contribution in [2.24, 2.45) is 0 Å². The third-order valence-corrected chi connectivity index (χ3v) is 3.43. The minimum Gasteiger partial charge on any atom is -0.313 e. The minimum atomic E-state index is 0.887. The molecule has 0 spiro atoms. The Morgan fingerprint density at radius 2 is 2.18 bits per heavy atom. The molecule has 0 aliphatic heterocycles. The van der Waals surface area contributed by atoms with Crippen LogP contribution in [0, 0.1) is 0 Å². The van der Waals surface area contributed by atoms with Crippen LogP contribution in [-0.4, -0.2) is 16.3 Å². The van der Waals surface area contributed by atoms with Crippen LogP contribution in [0.2, 0.25) is 0 Å². The van der Waals surface area contributed by atoms with Gasteiger partial charge in [0, 0.05) is 17.2 Å². The maximum absolute atomic E-state index is 4.26. The number of hydrogen-bond donors (Lipinski definition) is 1. The Balaban J connectivity index is 2.25. The van der Waals surface area contributed by atoms with Crippen molar-refractivity contribution in [3.8, 4) is 5.69 Å². The Labute approximate surface area is 117 Å². The average Bonchev–Trinajstić information content (AvgIpc) is 2.73. The average molecular weight is 359 g/mol. The lowest BCUT2D eigenvalue weighted by Gasteiger charge is -2.07. The summed E-state index contributed by atoms with van der Waals surface area (Å²) in [5, 5.41) is 7.57. The molecule has 90 valence electrons. The zero-order chi connectivity index (χ0) is 12.3. The molecule has 0 fully saturated rings. The Morgan fingerprint density at radius 3 is 2.76 bits per heavy atom. The molecule has 0 atom stereocenters. The van der Waals surface area contributed by atoms with Gasteiger partial charge in [0.1, 0.15) is 0 Å². The van der Waals surface area contributed by atoms with E-state index in [-0.39, 0.29) is 0 Å². The minimum absolute atomic E-state index is 0.887. The summed E-state index contributed by atoms with van der Waals surface area (Å²) in [6, 6.07) is 6.29. The Morgan fingerprint density at radius 1 is 1.35 bits per heavy atom. The summed E-state index contributed by atoms with van der Waals surface area (Å²) in [6.07, 6.45) is 3.71. The highest BCUT2D eigenvalue weighted by molar-refractivity contribution is 9.10. The molecule has 0 aliphatic carbocycles. The molecule has 5 heteroatoms. The van der Waals surface area contributed by atoms with Crippen LogP contribution in [0.25, 0.3) is 5.69 Å². The van der Waals surface area contributed by atoms with Crippen LogP contribution in [0.15, 0.2) is 39.5 Å². The molecule has 0 bridgehead atoms. The number of rotatable bonds is 4. The number of nitrogens with one attached hydrogen (secondary N) is 1. The molecule has 0 radical (unpaired) electrons. The predicted octanol–water partition coefficient (Wildman–Crippen LogP) is 3.51. The summed E-state index contributed by atoms with van der Waals surface area (Å²) in [5.41, 5.74) is 2.30. The van der Waals surface area contributed by atoms with E-state index in [9.17, 15) is 0 Å². The first kappa shape index (κ1) is 12.8. The fraction of sp³-hybridized carbons (Fsp3) is 0.250. The topological polar surface area (TPSA) is 29.9 Å². The van der Waals surface area contributed by atoms with Gasteiger partial charge < -0.3 is 5.32 Å². The summed E-state index contributed by atoms with van der Waals surface area (Å²) in [5.74, 6) is 0. The van der Waals surface area contributed by atoms with Crippen molar-refractivity contribution < 1.29 is 0 Å². The number of nitrogens with zero attached hydrogens (tertiary/aromatic N) is 2. The second-order valence-electron chi connectivity index (χ2n) is 3.67. The molecular weight excluding hydrogens is 346 g/mol. The molecule has 2 aromatic rings. The largest absolute Gasteiger partial charge is 0.313 e. The monoisotopic (exact) mass is 357 g/mol. The lowest BCUT2D eigenvalue weighted by Crippen LogP contribution is -2.11. The molecule has 17 heavy (non-hydrogen) atoms. The van der Waals surface area contributed by atoms with Gasteiger partial charge in [0.2, 0.25) is 0 Å². The van der Waals surface area contributed by atoms with Crippen molar-refractivity contribution in [3.05, 3.63) is 45.1 Å². The highest BCUT2D eigenvalue weighted by Crippen LogP contribution is 2.23. The van der Waals surface area contributed by atoms with E-state index >= 15 is 0 Å². The summed E-state index contributed by atoms with van der Waals surface area (Å²) in [7, 11) is 0. The van der Waals surface area contributed by atoms with Crippen molar-refractivity contribution in [1.82, 2.24) is 15.1 Å². The molecule has 0 saturated heterocycles. The lowest BCUT2D eigenvalue weighted by atomic mass is 10.2. The van der Waals surface area contributed by atoms with E-state index < -0.39 is 0 Å². The van der Waals surface area contributed by atoms with E-state index in [1.165, 1.54) is 5.56 Å². The van der Waals surface area contributed by atoms with E-state index in [2.05, 4.69) is 67.4 Å². The fourth-order valence-corrected chi connectivity index (χ4v) is 2.44. The van der Waals surface area contributed by atoms with Gasteiger partial charge in [-0.1, -0.05) is 13.0 Å². The van der Waals surface area contributed by atoms with E-state index in [1.807, 2.05) is 10.9 Å². The van der Waals surface area contributed by atoms with E-state index in [1.54, 1.807) is 6.20 Å². The first-order chi connectivity index (χ1) is 8.20. The highest BCUT2D eigenvalue weighted by atomic mass is 79.9. The van der Waals surface area contributed by atoms with Crippen LogP contribution < -0.4 is 5.32 Å². The van der Waals surface area contributed by atoms with Gasteiger partial charge in [-0.25, -0.2) is 4.68 Å². The van der Waals surface area contributed by atoms with E-state index in [4.69, 9.17) is 0 Å². The quantitative estimate of drug-likeness (QED) is 0.906. The molecule has 1 heterocycles. The van der Waals surface area contributed by atoms with Crippen LogP contribution in [0.5, 0.6) is 0 Å². The number of hydrogen-bond acceptors (Lipinski definition) is 2. The number of halogens is 2. The van der Waals surface area contributed by atoms with E-state index in [0.29, 0.717) is 0 Å². The molecule has 1 aromatic carbocycles. The standard InChI is InChI=1S/C12H13Br2N3/c1-2-15-6-9-3-4-12(11(14)5-9)17-8-10(13)7-16-17/h3-5,7-8,15H,2,6H2,1H3. The van der Waals surface area contributed by atoms with Crippen LogP contribution >= 0.6 is 31.9 Å². The molecule has 0 unspecified atom stereocenters. The smallest absolute Gasteiger partial charge is 0.0788 e. The molecule has 3 nitrogen and oxygen atoms in total. The molecule has 1 aromatic heterocycles. The van der Waals surface area contributed by atoms with Crippen molar-refractivity contribution in [1.29, 1.82) is 0 Å². The van der Waals surface area contributed by atoms with Gasteiger partial charge in [0.25, 0.3) is 0 Å². The maximum Gasteiger partial charge on any atom is 0.0788 e. The second-order valence-corrected chi connectivity index (χ2v) is 5.44. The molecule has 2 rings (SSSR count). The normalized spacial score (nSPS) is 10.8. The third kappa shape index (κ3) is 3.18. The lowest BCUT2D eigenvalue weighted by molar-refractivity contribution is 0.726. The van der Waals surface area contributed by atoms with Crippen LogP contribution in [0.1, 0.15) is 12.5 Å². The van der Waals surface area contributed by atoms with Crippen LogP contribution in [0.3, 0.4) is 0 Å². The molecule has 0 amide bonds. The van der Waals surface area contributed by atoms with Crippen molar-refractivity contribution in [2.45, 2.75) is 13.5 Å². The van der Waals surface area contributed by atoms with Gasteiger partial charge in [-0.05, 0) is 56.1 Å². The summed E-state index contributed by atoms with van der Waals surface area (Å²) in [4.78, 5) is 0. The first-order valence-corrected chi connectivity index (χ1v) is 6.99. The maximum atomic E-state index is 4.26. The Kier molecular flexibility index (Phi) is 4.36. The van der Waals surface area contributed by atoms with E-state index in [0.717, 1.165) is 27.7 Å². The zero-order valence-corrected chi connectivity index (χ0v) is 12.6. The second kappa shape index (κ2) is 5.80. The summed E-state index contributed by atoms with van der Waals surface area (Å²) < 4.78 is 3.86. The Bertz CT molecular complexity index is 508. The third-order valence-electron chi connectivity index (χ3n) is 2.39. The number of aromatic nitrogens is 2. The summed E-state index contributed by atoms with van der Waals surface area (Å²) >= 11 is 6.98. The van der Waals surface area contributed by atoms with Gasteiger partial charge in [-0.3, -0.25) is 0 Å². The summed E-state index contributed by atoms with van der Waals surface area (Å²) in [6.45, 7) is 3.97. The Hall–Kier alpha value is -0.650. The van der Waals surface area contributed by atoms with Crippen LogP contribution in [0.4, 0.5) is 0 Å². The van der Waals surface area contributed by atoms with Crippen molar-refractivity contribution in [3.63, 3.8) is 0 Å². The van der Waals surface area contributed by atoms with Crippen molar-refractivity contribution in [2.75, 3.05) is 6.54 Å². The van der Waals surface area contributed by atoms with Gasteiger partial charge in [-0.15, -0.1) is 0 Å². The molecule has 0 aliphatic rings. The van der Waals surface area contributed by atoms with Crippen LogP contribution in [-0.2, 0) is 6.54 Å².